The number of nitrogens with zero attached hydrogens (tertiary/aromatic N) is 4. The topological polar surface area (TPSA) is 92.5 Å². The van der Waals surface area contributed by atoms with Crippen LogP contribution in [-0.2, 0) is 6.54 Å². The van der Waals surface area contributed by atoms with Gasteiger partial charge in [-0.15, -0.1) is 0 Å². The molecule has 0 unspecified atom stereocenters. The number of H-pyrrole nitrogens is 1. The van der Waals surface area contributed by atoms with E-state index >= 15 is 0 Å². The molecule has 0 aliphatic carbocycles. The van der Waals surface area contributed by atoms with Crippen LogP contribution in [-0.4, -0.2) is 25.1 Å². The summed E-state index contributed by atoms with van der Waals surface area (Å²) in [6.45, 7) is 2.41. The highest BCUT2D eigenvalue weighted by Crippen LogP contribution is 2.19. The predicted octanol–water partition coefficient (Wildman–Crippen LogP) is 1.91. The summed E-state index contributed by atoms with van der Waals surface area (Å²) in [6, 6.07) is 0. The lowest BCUT2D eigenvalue weighted by Gasteiger charge is -2.04. The Labute approximate surface area is 107 Å². The van der Waals surface area contributed by atoms with Crippen molar-refractivity contribution in [1.82, 2.24) is 25.1 Å². The van der Waals surface area contributed by atoms with Crippen LogP contribution in [0.4, 0.5) is 5.82 Å². The summed E-state index contributed by atoms with van der Waals surface area (Å²) in [4.78, 5) is 15.1. The van der Waals surface area contributed by atoms with E-state index in [0.29, 0.717) is 23.5 Å². The van der Waals surface area contributed by atoms with Gasteiger partial charge in [-0.1, -0.05) is 5.16 Å². The van der Waals surface area contributed by atoms with Gasteiger partial charge in [0.2, 0.25) is 5.28 Å². The summed E-state index contributed by atoms with van der Waals surface area (Å²) in [6.07, 6.45) is 3.14. The summed E-state index contributed by atoms with van der Waals surface area (Å²) in [5.41, 5.74) is 3.02. The second kappa shape index (κ2) is 4.26. The van der Waals surface area contributed by atoms with Gasteiger partial charge in [0.05, 0.1) is 12.9 Å². The zero-order chi connectivity index (χ0) is 12.5. The number of aromatic amines is 1. The number of imidazole rings is 1. The van der Waals surface area contributed by atoms with Crippen LogP contribution in [0.25, 0.3) is 11.2 Å². The van der Waals surface area contributed by atoms with Crippen LogP contribution in [0.2, 0.25) is 5.28 Å². The van der Waals surface area contributed by atoms with Gasteiger partial charge >= 0.3 is 0 Å². The normalized spacial score (nSPS) is 11.0. The highest BCUT2D eigenvalue weighted by atomic mass is 35.5. The Balaban J connectivity index is 1.90. The van der Waals surface area contributed by atoms with E-state index in [2.05, 4.69) is 30.4 Å². The molecular formula is C10H9ClN6O. The fourth-order valence-corrected chi connectivity index (χ4v) is 1.75. The molecule has 92 valence electrons. The van der Waals surface area contributed by atoms with Crippen molar-refractivity contribution in [1.29, 1.82) is 0 Å². The Kier molecular flexibility index (Phi) is 2.60. The molecular weight excluding hydrogens is 256 g/mol. The first-order valence-electron chi connectivity index (χ1n) is 5.24. The molecule has 8 heteroatoms. The first-order chi connectivity index (χ1) is 8.74. The van der Waals surface area contributed by atoms with E-state index in [1.165, 1.54) is 0 Å². The molecule has 0 amide bonds. The number of hydrogen-bond acceptors (Lipinski definition) is 6. The average Bonchev–Trinajstić information content (AvgIpc) is 2.94. The minimum absolute atomic E-state index is 0.147. The van der Waals surface area contributed by atoms with Crippen LogP contribution in [0.3, 0.4) is 0 Å². The van der Waals surface area contributed by atoms with Crippen LogP contribution in [0.5, 0.6) is 0 Å². The van der Waals surface area contributed by atoms with Crippen LogP contribution in [0.1, 0.15) is 11.3 Å². The average molecular weight is 265 g/mol. The van der Waals surface area contributed by atoms with E-state index in [0.717, 1.165) is 11.3 Å². The minimum Gasteiger partial charge on any atom is -0.364 e. The van der Waals surface area contributed by atoms with E-state index in [1.54, 1.807) is 12.6 Å². The predicted molar refractivity (Wildman–Crippen MR) is 65.3 cm³/mol. The third kappa shape index (κ3) is 1.88. The summed E-state index contributed by atoms with van der Waals surface area (Å²) in [7, 11) is 0. The van der Waals surface area contributed by atoms with Crippen molar-refractivity contribution < 1.29 is 4.52 Å². The number of fused-ring (bicyclic) bond motifs is 1. The molecule has 0 atom stereocenters. The monoisotopic (exact) mass is 264 g/mol. The lowest BCUT2D eigenvalue weighted by atomic mass is 10.3. The second-order valence-corrected chi connectivity index (χ2v) is 4.08. The SMILES string of the molecule is Cc1conc1CNc1nc(Cl)nc2nc[nH]c12. The molecule has 0 aliphatic rings. The molecule has 0 saturated carbocycles. The molecule has 0 aliphatic heterocycles. The van der Waals surface area contributed by atoms with Crippen molar-refractivity contribution in [2.75, 3.05) is 5.32 Å². The molecule has 0 spiro atoms. The number of aromatic nitrogens is 5. The number of hydrogen-bond donors (Lipinski definition) is 2. The summed E-state index contributed by atoms with van der Waals surface area (Å²) in [5.74, 6) is 0.588. The molecule has 18 heavy (non-hydrogen) atoms. The van der Waals surface area contributed by atoms with Crippen molar-refractivity contribution in [3.63, 3.8) is 0 Å². The van der Waals surface area contributed by atoms with Gasteiger partial charge in [0, 0.05) is 5.56 Å². The number of aryl methyl sites for hydroxylation is 1. The van der Waals surface area contributed by atoms with Gasteiger partial charge in [-0.05, 0) is 18.5 Å². The maximum Gasteiger partial charge on any atom is 0.226 e. The van der Waals surface area contributed by atoms with E-state index in [1.807, 2.05) is 6.92 Å². The van der Waals surface area contributed by atoms with Gasteiger partial charge in [-0.25, -0.2) is 4.98 Å². The zero-order valence-electron chi connectivity index (χ0n) is 9.44. The third-order valence-electron chi connectivity index (χ3n) is 2.53. The summed E-state index contributed by atoms with van der Waals surface area (Å²) in [5, 5.41) is 7.16. The van der Waals surface area contributed by atoms with Crippen LogP contribution < -0.4 is 5.32 Å². The molecule has 3 rings (SSSR count). The Hall–Kier alpha value is -2.15. The molecule has 0 radical (unpaired) electrons. The van der Waals surface area contributed by atoms with Gasteiger partial charge < -0.3 is 14.8 Å². The Morgan fingerprint density at radius 3 is 3.11 bits per heavy atom. The van der Waals surface area contributed by atoms with Crippen molar-refractivity contribution in [3.8, 4) is 0 Å². The highest BCUT2D eigenvalue weighted by molar-refractivity contribution is 6.28. The molecule has 0 saturated heterocycles. The molecule has 3 aromatic heterocycles. The number of nitrogens with one attached hydrogen (secondary N) is 2. The Morgan fingerprint density at radius 1 is 1.44 bits per heavy atom. The first-order valence-corrected chi connectivity index (χ1v) is 5.62. The minimum atomic E-state index is 0.147. The van der Waals surface area contributed by atoms with Crippen molar-refractivity contribution in [3.05, 3.63) is 29.1 Å². The van der Waals surface area contributed by atoms with Gasteiger partial charge in [-0.2, -0.15) is 9.97 Å². The van der Waals surface area contributed by atoms with Gasteiger partial charge in [-0.3, -0.25) is 0 Å². The Bertz CT molecular complexity index is 691. The fourth-order valence-electron chi connectivity index (χ4n) is 1.58. The smallest absolute Gasteiger partial charge is 0.226 e. The highest BCUT2D eigenvalue weighted by Gasteiger charge is 2.10. The van der Waals surface area contributed by atoms with Gasteiger partial charge in [0.15, 0.2) is 11.5 Å². The number of anilines is 1. The van der Waals surface area contributed by atoms with Crippen LogP contribution in [0, 0.1) is 6.92 Å². The Morgan fingerprint density at radius 2 is 2.33 bits per heavy atom. The van der Waals surface area contributed by atoms with Crippen molar-refractivity contribution in [2.45, 2.75) is 13.5 Å². The molecule has 0 fully saturated rings. The molecule has 2 N–H and O–H groups in total. The zero-order valence-corrected chi connectivity index (χ0v) is 10.2. The van der Waals surface area contributed by atoms with E-state index in [4.69, 9.17) is 16.1 Å². The summed E-state index contributed by atoms with van der Waals surface area (Å²) < 4.78 is 4.86. The standard InChI is InChI=1S/C10H9ClN6O/c1-5-3-18-17-6(5)2-12-8-7-9(14-4-13-7)16-10(11)15-8/h3-4H,2H2,1H3,(H2,12,13,14,15,16). The van der Waals surface area contributed by atoms with E-state index in [-0.39, 0.29) is 5.28 Å². The summed E-state index contributed by atoms with van der Waals surface area (Å²) >= 11 is 5.82. The molecule has 0 bridgehead atoms. The van der Waals surface area contributed by atoms with E-state index < -0.39 is 0 Å². The third-order valence-corrected chi connectivity index (χ3v) is 2.70. The number of halogens is 1. The molecule has 7 nitrogen and oxygen atoms in total. The quantitative estimate of drug-likeness (QED) is 0.702. The van der Waals surface area contributed by atoms with Crippen LogP contribution in [0.15, 0.2) is 17.1 Å². The van der Waals surface area contributed by atoms with Gasteiger partial charge in [0.25, 0.3) is 0 Å². The lowest BCUT2D eigenvalue weighted by Crippen LogP contribution is -2.04. The van der Waals surface area contributed by atoms with Crippen molar-refractivity contribution in [2.24, 2.45) is 0 Å². The van der Waals surface area contributed by atoms with Gasteiger partial charge in [0.1, 0.15) is 17.5 Å². The second-order valence-electron chi connectivity index (χ2n) is 3.74. The molecule has 3 heterocycles. The first kappa shape index (κ1) is 11.0. The molecule has 3 aromatic rings. The number of rotatable bonds is 3. The molecule has 0 aromatic carbocycles. The largest absolute Gasteiger partial charge is 0.364 e. The maximum absolute atomic E-state index is 5.82. The van der Waals surface area contributed by atoms with Crippen molar-refractivity contribution >= 4 is 28.6 Å². The lowest BCUT2D eigenvalue weighted by molar-refractivity contribution is 0.412. The van der Waals surface area contributed by atoms with E-state index in [9.17, 15) is 0 Å². The van der Waals surface area contributed by atoms with Crippen LogP contribution >= 0.6 is 11.6 Å². The fraction of sp³-hybridized carbons (Fsp3) is 0.200. The maximum atomic E-state index is 5.82.